The molecule has 1 N–H and O–H groups in total. The van der Waals surface area contributed by atoms with E-state index in [9.17, 15) is 0 Å². The summed E-state index contributed by atoms with van der Waals surface area (Å²) in [7, 11) is 0. The minimum absolute atomic E-state index is 0.108. The van der Waals surface area contributed by atoms with E-state index in [0.29, 0.717) is 6.04 Å². The highest BCUT2D eigenvalue weighted by Crippen LogP contribution is 2.34. The molecule has 1 aliphatic rings. The van der Waals surface area contributed by atoms with Gasteiger partial charge < -0.3 is 5.32 Å². The molecule has 0 spiro atoms. The van der Waals surface area contributed by atoms with E-state index < -0.39 is 0 Å². The number of hydrogen-bond acceptors (Lipinski definition) is 2. The van der Waals surface area contributed by atoms with Crippen LogP contribution >= 0.6 is 11.6 Å². The maximum Gasteiger partial charge on any atom is 0.0502 e. The molecular formula is C16H25ClN2. The van der Waals surface area contributed by atoms with Crippen LogP contribution in [0.1, 0.15) is 45.2 Å². The summed E-state index contributed by atoms with van der Waals surface area (Å²) in [6, 6.07) is 8.57. The molecule has 2 rings (SSSR count). The summed E-state index contributed by atoms with van der Waals surface area (Å²) in [4.78, 5) is 2.60. The van der Waals surface area contributed by atoms with Crippen molar-refractivity contribution in [1.82, 2.24) is 10.2 Å². The van der Waals surface area contributed by atoms with Crippen molar-refractivity contribution in [3.8, 4) is 0 Å². The monoisotopic (exact) mass is 280 g/mol. The first-order chi connectivity index (χ1) is 9.05. The van der Waals surface area contributed by atoms with Crippen molar-refractivity contribution >= 4 is 11.6 Å². The molecule has 2 nitrogen and oxygen atoms in total. The molecule has 0 aromatic heterocycles. The van der Waals surface area contributed by atoms with Gasteiger partial charge in [-0.2, -0.15) is 0 Å². The topological polar surface area (TPSA) is 15.3 Å². The summed E-state index contributed by atoms with van der Waals surface area (Å²) in [5.74, 6) is 0. The van der Waals surface area contributed by atoms with Gasteiger partial charge in [0.1, 0.15) is 0 Å². The molecule has 1 saturated heterocycles. The molecule has 19 heavy (non-hydrogen) atoms. The first-order valence-electron chi connectivity index (χ1n) is 7.29. The Kier molecular flexibility index (Phi) is 4.88. The first-order valence-corrected chi connectivity index (χ1v) is 7.67. The van der Waals surface area contributed by atoms with Crippen LogP contribution in [0, 0.1) is 0 Å². The van der Waals surface area contributed by atoms with Gasteiger partial charge in [0.2, 0.25) is 0 Å². The van der Waals surface area contributed by atoms with E-state index in [1.807, 2.05) is 12.1 Å². The number of benzene rings is 1. The van der Waals surface area contributed by atoms with Crippen LogP contribution in [-0.4, -0.2) is 30.1 Å². The highest BCUT2D eigenvalue weighted by molar-refractivity contribution is 6.30. The number of hydrogen-bond donors (Lipinski definition) is 1. The third kappa shape index (κ3) is 3.31. The molecule has 0 amide bonds. The van der Waals surface area contributed by atoms with Crippen molar-refractivity contribution in [1.29, 1.82) is 0 Å². The maximum atomic E-state index is 6.16. The van der Waals surface area contributed by atoms with Gasteiger partial charge >= 0.3 is 0 Å². The average molecular weight is 281 g/mol. The quantitative estimate of drug-likeness (QED) is 0.881. The minimum atomic E-state index is 0.108. The van der Waals surface area contributed by atoms with Gasteiger partial charge in [-0.25, -0.2) is 0 Å². The van der Waals surface area contributed by atoms with Crippen molar-refractivity contribution < 1.29 is 0 Å². The second kappa shape index (κ2) is 6.25. The molecule has 106 valence electrons. The van der Waals surface area contributed by atoms with Crippen LogP contribution in [0.2, 0.25) is 5.02 Å². The first kappa shape index (κ1) is 14.8. The fourth-order valence-electron chi connectivity index (χ4n) is 3.14. The van der Waals surface area contributed by atoms with E-state index >= 15 is 0 Å². The van der Waals surface area contributed by atoms with Gasteiger partial charge in [-0.15, -0.1) is 0 Å². The number of likely N-dealkylation sites (N-methyl/N-ethyl adjacent to an activating group) is 1. The zero-order chi connectivity index (χ0) is 13.9. The Bertz CT molecular complexity index is 411. The zero-order valence-corrected chi connectivity index (χ0v) is 13.0. The van der Waals surface area contributed by atoms with Gasteiger partial charge in [-0.1, -0.05) is 30.7 Å². The van der Waals surface area contributed by atoms with E-state index in [4.69, 9.17) is 11.6 Å². The predicted octanol–water partition coefficient (Wildman–Crippen LogP) is 3.87. The van der Waals surface area contributed by atoms with Crippen molar-refractivity contribution in [3.63, 3.8) is 0 Å². The Balaban J connectivity index is 2.28. The summed E-state index contributed by atoms with van der Waals surface area (Å²) in [5.41, 5.74) is 1.39. The smallest absolute Gasteiger partial charge is 0.0502 e. The summed E-state index contributed by atoms with van der Waals surface area (Å²) in [5, 5.41) is 4.46. The van der Waals surface area contributed by atoms with Gasteiger partial charge in [0, 0.05) is 10.6 Å². The molecule has 1 heterocycles. The fourth-order valence-corrected chi connectivity index (χ4v) is 3.34. The van der Waals surface area contributed by atoms with Crippen molar-refractivity contribution in [2.24, 2.45) is 0 Å². The molecule has 0 aliphatic carbocycles. The largest absolute Gasteiger partial charge is 0.309 e. The highest BCUT2D eigenvalue weighted by Gasteiger charge is 2.37. The summed E-state index contributed by atoms with van der Waals surface area (Å²) in [6.07, 6.45) is 2.63. The second-order valence-corrected chi connectivity index (χ2v) is 6.33. The molecule has 1 atom stereocenters. The molecule has 0 bridgehead atoms. The Morgan fingerprint density at radius 3 is 2.58 bits per heavy atom. The van der Waals surface area contributed by atoms with E-state index in [1.165, 1.54) is 31.5 Å². The van der Waals surface area contributed by atoms with Crippen molar-refractivity contribution in [2.75, 3.05) is 19.6 Å². The predicted molar refractivity (Wildman–Crippen MR) is 82.8 cm³/mol. The van der Waals surface area contributed by atoms with Gasteiger partial charge in [-0.3, -0.25) is 4.90 Å². The van der Waals surface area contributed by atoms with Crippen LogP contribution in [0.25, 0.3) is 0 Å². The third-order valence-corrected chi connectivity index (χ3v) is 4.45. The average Bonchev–Trinajstić information content (AvgIpc) is 2.90. The van der Waals surface area contributed by atoms with E-state index in [1.54, 1.807) is 0 Å². The standard InChI is InChI=1S/C16H25ClN2/c1-4-18-15(13-8-7-9-14(17)12-13)16(2,3)19-10-5-6-11-19/h7-9,12,15,18H,4-6,10-11H2,1-3H3. The Labute approximate surface area is 122 Å². The number of rotatable bonds is 5. The van der Waals surface area contributed by atoms with Crippen molar-refractivity contribution in [3.05, 3.63) is 34.9 Å². The lowest BCUT2D eigenvalue weighted by Crippen LogP contribution is -2.51. The van der Waals surface area contributed by atoms with Crippen LogP contribution in [0.15, 0.2) is 24.3 Å². The normalized spacial score (nSPS) is 18.7. The molecule has 0 radical (unpaired) electrons. The summed E-state index contributed by atoms with van der Waals surface area (Å²) >= 11 is 6.16. The molecule has 3 heteroatoms. The molecule has 1 aromatic rings. The lowest BCUT2D eigenvalue weighted by atomic mass is 9.87. The van der Waals surface area contributed by atoms with Gasteiger partial charge in [0.25, 0.3) is 0 Å². The molecule has 1 fully saturated rings. The van der Waals surface area contributed by atoms with Gasteiger partial charge in [0.05, 0.1) is 6.04 Å². The molecule has 1 aliphatic heterocycles. The second-order valence-electron chi connectivity index (χ2n) is 5.89. The van der Waals surface area contributed by atoms with E-state index in [2.05, 4.69) is 43.1 Å². The van der Waals surface area contributed by atoms with Gasteiger partial charge in [-0.05, 0) is 64.0 Å². The third-order valence-electron chi connectivity index (χ3n) is 4.22. The summed E-state index contributed by atoms with van der Waals surface area (Å²) < 4.78 is 0. The molecule has 0 saturated carbocycles. The zero-order valence-electron chi connectivity index (χ0n) is 12.2. The van der Waals surface area contributed by atoms with E-state index in [-0.39, 0.29) is 5.54 Å². The number of nitrogens with one attached hydrogen (secondary N) is 1. The molecule has 1 aromatic carbocycles. The van der Waals surface area contributed by atoms with E-state index in [0.717, 1.165) is 11.6 Å². The van der Waals surface area contributed by atoms with Crippen molar-refractivity contribution in [2.45, 2.75) is 45.2 Å². The lowest BCUT2D eigenvalue weighted by molar-refractivity contribution is 0.107. The summed E-state index contributed by atoms with van der Waals surface area (Å²) in [6.45, 7) is 10.2. The number of likely N-dealkylation sites (tertiary alicyclic amines) is 1. The van der Waals surface area contributed by atoms with Crippen LogP contribution in [-0.2, 0) is 0 Å². The fraction of sp³-hybridized carbons (Fsp3) is 0.625. The van der Waals surface area contributed by atoms with Gasteiger partial charge in [0.15, 0.2) is 0 Å². The lowest BCUT2D eigenvalue weighted by Gasteiger charge is -2.43. The Hall–Kier alpha value is -0.570. The SMILES string of the molecule is CCNC(c1cccc(Cl)c1)C(C)(C)N1CCCC1. The van der Waals surface area contributed by atoms with Crippen LogP contribution in [0.3, 0.4) is 0 Å². The molecular weight excluding hydrogens is 256 g/mol. The Morgan fingerprint density at radius 2 is 2.00 bits per heavy atom. The van der Waals surface area contributed by atoms with Crippen LogP contribution in [0.5, 0.6) is 0 Å². The van der Waals surface area contributed by atoms with Crippen LogP contribution in [0.4, 0.5) is 0 Å². The maximum absolute atomic E-state index is 6.16. The number of halogens is 1. The minimum Gasteiger partial charge on any atom is -0.309 e. The Morgan fingerprint density at radius 1 is 1.32 bits per heavy atom. The van der Waals surface area contributed by atoms with Crippen LogP contribution < -0.4 is 5.32 Å². The highest BCUT2D eigenvalue weighted by atomic mass is 35.5. The number of nitrogens with zero attached hydrogens (tertiary/aromatic N) is 1. The molecule has 1 unspecified atom stereocenters.